The Kier molecular flexibility index (Phi) is 6.52. The molecule has 3 aromatic carbocycles. The third kappa shape index (κ3) is 4.93. The SMILES string of the molecule is O=C(Nc1ccccc1)C(NCc1cc(Cl)c2c(c1)OCCCO2)c1ccccc1. The van der Waals surface area contributed by atoms with Gasteiger partial charge in [0, 0.05) is 18.7 Å². The van der Waals surface area contributed by atoms with E-state index < -0.39 is 6.04 Å². The second-order valence-corrected chi connectivity index (χ2v) is 7.44. The van der Waals surface area contributed by atoms with Gasteiger partial charge in [0.15, 0.2) is 11.5 Å². The zero-order valence-corrected chi connectivity index (χ0v) is 17.2. The summed E-state index contributed by atoms with van der Waals surface area (Å²) in [5.41, 5.74) is 2.55. The molecule has 154 valence electrons. The molecule has 30 heavy (non-hydrogen) atoms. The van der Waals surface area contributed by atoms with E-state index in [9.17, 15) is 4.79 Å². The summed E-state index contributed by atoms with van der Waals surface area (Å²) in [5.74, 6) is 1.09. The van der Waals surface area contributed by atoms with Gasteiger partial charge in [-0.2, -0.15) is 0 Å². The van der Waals surface area contributed by atoms with E-state index in [4.69, 9.17) is 21.1 Å². The first-order valence-electron chi connectivity index (χ1n) is 9.93. The third-order valence-corrected chi connectivity index (χ3v) is 5.09. The van der Waals surface area contributed by atoms with E-state index in [-0.39, 0.29) is 5.91 Å². The Morgan fingerprint density at radius 2 is 1.67 bits per heavy atom. The van der Waals surface area contributed by atoms with Crippen molar-refractivity contribution >= 4 is 23.2 Å². The van der Waals surface area contributed by atoms with Gasteiger partial charge in [-0.05, 0) is 35.4 Å². The van der Waals surface area contributed by atoms with Crippen LogP contribution in [0.1, 0.15) is 23.6 Å². The van der Waals surface area contributed by atoms with E-state index in [1.807, 2.05) is 72.8 Å². The van der Waals surface area contributed by atoms with Crippen LogP contribution in [0.2, 0.25) is 5.02 Å². The van der Waals surface area contributed by atoms with Crippen LogP contribution >= 0.6 is 11.6 Å². The van der Waals surface area contributed by atoms with Gasteiger partial charge in [0.1, 0.15) is 6.04 Å². The number of rotatable bonds is 6. The maximum absolute atomic E-state index is 13.0. The average Bonchev–Trinajstić information content (AvgIpc) is 3.01. The number of hydrogen-bond acceptors (Lipinski definition) is 4. The van der Waals surface area contributed by atoms with Gasteiger partial charge >= 0.3 is 0 Å². The minimum atomic E-state index is -0.527. The lowest BCUT2D eigenvalue weighted by molar-refractivity contribution is -0.118. The molecule has 1 aliphatic heterocycles. The number of carbonyl (C=O) groups excluding carboxylic acids is 1. The molecule has 0 aliphatic carbocycles. The van der Waals surface area contributed by atoms with E-state index in [0.29, 0.717) is 36.3 Å². The van der Waals surface area contributed by atoms with E-state index in [0.717, 1.165) is 23.2 Å². The van der Waals surface area contributed by atoms with Crippen molar-refractivity contribution in [2.45, 2.75) is 19.0 Å². The molecule has 0 radical (unpaired) electrons. The molecule has 0 aromatic heterocycles. The van der Waals surface area contributed by atoms with Crippen molar-refractivity contribution < 1.29 is 14.3 Å². The highest BCUT2D eigenvalue weighted by atomic mass is 35.5. The Morgan fingerprint density at radius 1 is 0.967 bits per heavy atom. The lowest BCUT2D eigenvalue weighted by atomic mass is 10.1. The Hall–Kier alpha value is -3.02. The lowest BCUT2D eigenvalue weighted by Crippen LogP contribution is -2.32. The number of halogens is 1. The third-order valence-electron chi connectivity index (χ3n) is 4.81. The van der Waals surface area contributed by atoms with Gasteiger partial charge < -0.3 is 14.8 Å². The molecule has 3 aromatic rings. The maximum atomic E-state index is 13.0. The lowest BCUT2D eigenvalue weighted by Gasteiger charge is -2.20. The fourth-order valence-corrected chi connectivity index (χ4v) is 3.64. The fraction of sp³-hybridized carbons (Fsp3) is 0.208. The van der Waals surface area contributed by atoms with E-state index in [1.54, 1.807) is 0 Å². The van der Waals surface area contributed by atoms with Crippen LogP contribution in [-0.2, 0) is 11.3 Å². The van der Waals surface area contributed by atoms with Crippen molar-refractivity contribution in [3.05, 3.63) is 88.9 Å². The second-order valence-electron chi connectivity index (χ2n) is 7.04. The molecule has 1 unspecified atom stereocenters. The molecule has 0 bridgehead atoms. The highest BCUT2D eigenvalue weighted by Crippen LogP contribution is 2.38. The number of amides is 1. The summed E-state index contributed by atoms with van der Waals surface area (Å²) in [4.78, 5) is 13.0. The predicted octanol–water partition coefficient (Wildman–Crippen LogP) is 4.97. The molecule has 5 nitrogen and oxygen atoms in total. The number of hydrogen-bond donors (Lipinski definition) is 2. The first-order chi connectivity index (χ1) is 14.7. The zero-order chi connectivity index (χ0) is 20.8. The molecule has 6 heteroatoms. The monoisotopic (exact) mass is 422 g/mol. The molecule has 1 atom stereocenters. The van der Waals surface area contributed by atoms with Gasteiger partial charge in [0.2, 0.25) is 5.91 Å². The van der Waals surface area contributed by atoms with Crippen LogP contribution in [0.3, 0.4) is 0 Å². The summed E-state index contributed by atoms with van der Waals surface area (Å²) in [6.07, 6.45) is 0.814. The van der Waals surface area contributed by atoms with Crippen molar-refractivity contribution in [3.63, 3.8) is 0 Å². The first kappa shape index (κ1) is 20.3. The van der Waals surface area contributed by atoms with Crippen molar-refractivity contribution in [2.24, 2.45) is 0 Å². The normalized spacial score (nSPS) is 13.9. The number of carbonyl (C=O) groups is 1. The summed E-state index contributed by atoms with van der Waals surface area (Å²) in [6, 6.07) is 22.3. The van der Waals surface area contributed by atoms with E-state index in [1.165, 1.54) is 0 Å². The quantitative estimate of drug-likeness (QED) is 0.588. The Morgan fingerprint density at radius 3 is 2.43 bits per heavy atom. The minimum absolute atomic E-state index is 0.132. The highest BCUT2D eigenvalue weighted by Gasteiger charge is 2.21. The molecule has 0 spiro atoms. The number of benzene rings is 3. The number of fused-ring (bicyclic) bond motifs is 1. The van der Waals surface area contributed by atoms with Crippen LogP contribution < -0.4 is 20.1 Å². The van der Waals surface area contributed by atoms with Gasteiger partial charge in [-0.3, -0.25) is 10.1 Å². The number of nitrogens with one attached hydrogen (secondary N) is 2. The average molecular weight is 423 g/mol. The Bertz CT molecular complexity index is 996. The number of ether oxygens (including phenoxy) is 2. The summed E-state index contributed by atoms with van der Waals surface area (Å²) in [5, 5.41) is 6.84. The minimum Gasteiger partial charge on any atom is -0.489 e. The van der Waals surface area contributed by atoms with Gasteiger partial charge in [-0.15, -0.1) is 0 Å². The van der Waals surface area contributed by atoms with E-state index >= 15 is 0 Å². The van der Waals surface area contributed by atoms with Gasteiger partial charge in [-0.25, -0.2) is 0 Å². The summed E-state index contributed by atoms with van der Waals surface area (Å²) < 4.78 is 11.5. The molecule has 2 N–H and O–H groups in total. The standard InChI is InChI=1S/C24H23ClN2O3/c25-20-14-17(15-21-23(20)30-13-7-12-29-21)16-26-22(18-8-3-1-4-9-18)24(28)27-19-10-5-2-6-11-19/h1-6,8-11,14-15,22,26H,7,12-13,16H2,(H,27,28). The molecule has 0 saturated carbocycles. The largest absolute Gasteiger partial charge is 0.489 e. The van der Waals surface area contributed by atoms with Crippen LogP contribution in [0.15, 0.2) is 72.8 Å². The molecule has 4 rings (SSSR count). The molecular weight excluding hydrogens is 400 g/mol. The van der Waals surface area contributed by atoms with Crippen LogP contribution in [0, 0.1) is 0 Å². The predicted molar refractivity (Wildman–Crippen MR) is 118 cm³/mol. The molecule has 0 fully saturated rings. The summed E-state index contributed by atoms with van der Waals surface area (Å²) >= 11 is 6.41. The van der Waals surface area contributed by atoms with Crippen LogP contribution in [0.4, 0.5) is 5.69 Å². The topological polar surface area (TPSA) is 59.6 Å². The van der Waals surface area contributed by atoms with E-state index in [2.05, 4.69) is 10.6 Å². The molecular formula is C24H23ClN2O3. The Balaban J connectivity index is 1.53. The number of anilines is 1. The van der Waals surface area contributed by atoms with Gasteiger partial charge in [0.05, 0.1) is 18.2 Å². The maximum Gasteiger partial charge on any atom is 0.246 e. The Labute approximate surface area is 181 Å². The van der Waals surface area contributed by atoms with Crippen molar-refractivity contribution in [3.8, 4) is 11.5 Å². The molecule has 1 amide bonds. The fourth-order valence-electron chi connectivity index (χ4n) is 3.35. The molecule has 0 saturated heterocycles. The van der Waals surface area contributed by atoms with Crippen molar-refractivity contribution in [1.82, 2.24) is 5.32 Å². The second kappa shape index (κ2) is 9.65. The van der Waals surface area contributed by atoms with Crippen LogP contribution in [0.25, 0.3) is 0 Å². The molecule has 1 aliphatic rings. The van der Waals surface area contributed by atoms with Crippen LogP contribution in [0.5, 0.6) is 11.5 Å². The van der Waals surface area contributed by atoms with Gasteiger partial charge in [-0.1, -0.05) is 60.1 Å². The highest BCUT2D eigenvalue weighted by molar-refractivity contribution is 6.32. The van der Waals surface area contributed by atoms with Crippen molar-refractivity contribution in [1.29, 1.82) is 0 Å². The zero-order valence-electron chi connectivity index (χ0n) is 16.4. The first-order valence-corrected chi connectivity index (χ1v) is 10.3. The molecule has 1 heterocycles. The number of para-hydroxylation sites is 1. The van der Waals surface area contributed by atoms with Gasteiger partial charge in [0.25, 0.3) is 0 Å². The van der Waals surface area contributed by atoms with Crippen LogP contribution in [-0.4, -0.2) is 19.1 Å². The smallest absolute Gasteiger partial charge is 0.246 e. The summed E-state index contributed by atoms with van der Waals surface area (Å²) in [6.45, 7) is 1.62. The summed E-state index contributed by atoms with van der Waals surface area (Å²) in [7, 11) is 0. The van der Waals surface area contributed by atoms with Crippen molar-refractivity contribution in [2.75, 3.05) is 18.5 Å².